The van der Waals surface area contributed by atoms with Crippen LogP contribution in [0, 0.1) is 13.8 Å². The van der Waals surface area contributed by atoms with Gasteiger partial charge in [0.05, 0.1) is 22.3 Å². The van der Waals surface area contributed by atoms with E-state index in [4.69, 9.17) is 23.2 Å². The third kappa shape index (κ3) is 6.68. The number of nitrogens with one attached hydrogen (secondary N) is 2. The van der Waals surface area contributed by atoms with E-state index >= 15 is 0 Å². The Kier molecular flexibility index (Phi) is 8.32. The minimum absolute atomic E-state index is 0.00171. The lowest BCUT2D eigenvalue weighted by Gasteiger charge is -2.34. The number of rotatable bonds is 7. The summed E-state index contributed by atoms with van der Waals surface area (Å²) in [5.41, 5.74) is 3.48. The fourth-order valence-corrected chi connectivity index (χ4v) is 4.14. The van der Waals surface area contributed by atoms with Crippen LogP contribution in [0.3, 0.4) is 0 Å². The molecule has 0 spiro atoms. The van der Waals surface area contributed by atoms with E-state index in [1.54, 1.807) is 18.2 Å². The molecule has 0 saturated carbocycles. The van der Waals surface area contributed by atoms with E-state index in [-0.39, 0.29) is 11.8 Å². The van der Waals surface area contributed by atoms with Crippen LogP contribution in [0.25, 0.3) is 0 Å². The number of nitrogens with zero attached hydrogens (tertiary/aromatic N) is 2. The predicted octanol–water partition coefficient (Wildman–Crippen LogP) is 4.20. The van der Waals surface area contributed by atoms with Gasteiger partial charge in [0.2, 0.25) is 11.8 Å². The Morgan fingerprint density at radius 1 is 0.806 bits per heavy atom. The van der Waals surface area contributed by atoms with E-state index in [1.165, 1.54) is 0 Å². The molecule has 1 fully saturated rings. The zero-order valence-electron chi connectivity index (χ0n) is 17.9. The minimum Gasteiger partial charge on any atom is -0.324 e. The highest BCUT2D eigenvalue weighted by atomic mass is 35.5. The first-order valence-electron chi connectivity index (χ1n) is 10.4. The molecule has 2 amide bonds. The molecule has 166 valence electrons. The standard InChI is InChI=1S/C23H28Cl2N4O2/c1-16-5-3-6-17(2)22(16)27-21(31)15-29-13-11-28(12-14-29)10-9-20(30)26-23-18(24)7-4-8-19(23)25/h3-8H,9-15H2,1-2H3,(H,26,30)(H,27,31). The quantitative estimate of drug-likeness (QED) is 0.646. The van der Waals surface area contributed by atoms with Crippen molar-refractivity contribution in [3.05, 3.63) is 57.6 Å². The molecule has 0 unspecified atom stereocenters. The van der Waals surface area contributed by atoms with Crippen LogP contribution in [0.1, 0.15) is 17.5 Å². The van der Waals surface area contributed by atoms with Crippen molar-refractivity contribution >= 4 is 46.4 Å². The fourth-order valence-electron chi connectivity index (χ4n) is 3.64. The van der Waals surface area contributed by atoms with Crippen LogP contribution in [-0.2, 0) is 9.59 Å². The summed E-state index contributed by atoms with van der Waals surface area (Å²) in [4.78, 5) is 29.1. The van der Waals surface area contributed by atoms with Crippen molar-refractivity contribution in [2.45, 2.75) is 20.3 Å². The Hall–Kier alpha value is -2.12. The average molecular weight is 463 g/mol. The van der Waals surface area contributed by atoms with Gasteiger partial charge in [-0.3, -0.25) is 14.5 Å². The lowest BCUT2D eigenvalue weighted by Crippen LogP contribution is -2.49. The summed E-state index contributed by atoms with van der Waals surface area (Å²) in [7, 11) is 0. The molecule has 2 N–H and O–H groups in total. The summed E-state index contributed by atoms with van der Waals surface area (Å²) in [6.07, 6.45) is 0.356. The second-order valence-corrected chi connectivity index (χ2v) is 8.64. The number of carbonyl (C=O) groups is 2. The number of hydrogen-bond acceptors (Lipinski definition) is 4. The maximum Gasteiger partial charge on any atom is 0.238 e. The van der Waals surface area contributed by atoms with E-state index in [2.05, 4.69) is 20.4 Å². The van der Waals surface area contributed by atoms with Gasteiger partial charge < -0.3 is 15.5 Å². The van der Waals surface area contributed by atoms with Crippen LogP contribution in [-0.4, -0.2) is 60.9 Å². The molecule has 1 aliphatic heterocycles. The van der Waals surface area contributed by atoms with Crippen molar-refractivity contribution in [2.75, 3.05) is 49.9 Å². The second kappa shape index (κ2) is 11.0. The first kappa shape index (κ1) is 23.5. The highest BCUT2D eigenvalue weighted by Gasteiger charge is 2.20. The highest BCUT2D eigenvalue weighted by molar-refractivity contribution is 6.39. The number of benzene rings is 2. The predicted molar refractivity (Wildman–Crippen MR) is 127 cm³/mol. The Morgan fingerprint density at radius 3 is 1.94 bits per heavy atom. The molecule has 0 aliphatic carbocycles. The van der Waals surface area contributed by atoms with Crippen LogP contribution < -0.4 is 10.6 Å². The lowest BCUT2D eigenvalue weighted by molar-refractivity contribution is -0.117. The smallest absolute Gasteiger partial charge is 0.238 e. The number of aryl methyl sites for hydroxylation is 2. The topological polar surface area (TPSA) is 64.7 Å². The van der Waals surface area contributed by atoms with Crippen LogP contribution in [0.2, 0.25) is 10.0 Å². The molecule has 8 heteroatoms. The Bertz CT molecular complexity index is 903. The largest absolute Gasteiger partial charge is 0.324 e. The Labute approximate surface area is 193 Å². The van der Waals surface area contributed by atoms with E-state index in [9.17, 15) is 9.59 Å². The van der Waals surface area contributed by atoms with Crippen molar-refractivity contribution in [3.63, 3.8) is 0 Å². The maximum atomic E-state index is 12.5. The number of para-hydroxylation sites is 2. The molecule has 0 atom stereocenters. The van der Waals surface area contributed by atoms with Crippen molar-refractivity contribution in [2.24, 2.45) is 0 Å². The van der Waals surface area contributed by atoms with Crippen LogP contribution in [0.5, 0.6) is 0 Å². The van der Waals surface area contributed by atoms with Crippen molar-refractivity contribution in [1.29, 1.82) is 0 Å². The van der Waals surface area contributed by atoms with Gasteiger partial charge in [0.25, 0.3) is 0 Å². The van der Waals surface area contributed by atoms with E-state index < -0.39 is 0 Å². The summed E-state index contributed by atoms with van der Waals surface area (Å²) < 4.78 is 0. The summed E-state index contributed by atoms with van der Waals surface area (Å²) in [5.74, 6) is -0.118. The molecule has 0 bridgehead atoms. The van der Waals surface area contributed by atoms with Crippen LogP contribution in [0.15, 0.2) is 36.4 Å². The molecule has 3 rings (SSSR count). The zero-order chi connectivity index (χ0) is 22.4. The molecule has 0 radical (unpaired) electrons. The number of carbonyl (C=O) groups excluding carboxylic acids is 2. The Morgan fingerprint density at radius 2 is 1.32 bits per heavy atom. The van der Waals surface area contributed by atoms with Crippen molar-refractivity contribution in [3.8, 4) is 0 Å². The van der Waals surface area contributed by atoms with E-state index in [1.807, 2.05) is 32.0 Å². The summed E-state index contributed by atoms with van der Waals surface area (Å²) in [6.45, 7) is 8.22. The van der Waals surface area contributed by atoms with Crippen molar-refractivity contribution in [1.82, 2.24) is 9.80 Å². The second-order valence-electron chi connectivity index (χ2n) is 7.83. The number of anilines is 2. The summed E-state index contributed by atoms with van der Waals surface area (Å²) >= 11 is 12.2. The molecular weight excluding hydrogens is 435 g/mol. The molecule has 1 heterocycles. The molecule has 2 aromatic carbocycles. The number of hydrogen-bond donors (Lipinski definition) is 2. The van der Waals surface area contributed by atoms with Gasteiger partial charge in [-0.15, -0.1) is 0 Å². The molecule has 1 aliphatic rings. The number of halogens is 2. The summed E-state index contributed by atoms with van der Waals surface area (Å²) in [6, 6.07) is 11.1. The first-order chi connectivity index (χ1) is 14.8. The lowest BCUT2D eigenvalue weighted by atomic mass is 10.1. The van der Waals surface area contributed by atoms with Gasteiger partial charge in [-0.1, -0.05) is 47.5 Å². The first-order valence-corrected chi connectivity index (χ1v) is 11.1. The summed E-state index contributed by atoms with van der Waals surface area (Å²) in [5, 5.41) is 6.68. The van der Waals surface area contributed by atoms with Gasteiger partial charge in [-0.05, 0) is 37.1 Å². The zero-order valence-corrected chi connectivity index (χ0v) is 19.4. The van der Waals surface area contributed by atoms with E-state index in [0.29, 0.717) is 35.2 Å². The van der Waals surface area contributed by atoms with Crippen molar-refractivity contribution < 1.29 is 9.59 Å². The number of piperazine rings is 1. The molecular formula is C23H28Cl2N4O2. The third-order valence-corrected chi connectivity index (χ3v) is 6.09. The highest BCUT2D eigenvalue weighted by Crippen LogP contribution is 2.29. The van der Waals surface area contributed by atoms with Gasteiger partial charge in [-0.25, -0.2) is 0 Å². The Balaban J connectivity index is 1.39. The van der Waals surface area contributed by atoms with Gasteiger partial charge in [0.15, 0.2) is 0 Å². The van der Waals surface area contributed by atoms with Gasteiger partial charge in [0.1, 0.15) is 0 Å². The van der Waals surface area contributed by atoms with Crippen LogP contribution in [0.4, 0.5) is 11.4 Å². The van der Waals surface area contributed by atoms with Gasteiger partial charge in [-0.2, -0.15) is 0 Å². The fraction of sp³-hybridized carbons (Fsp3) is 0.391. The van der Waals surface area contributed by atoms with Gasteiger partial charge in [0, 0.05) is 44.8 Å². The third-order valence-electron chi connectivity index (χ3n) is 5.46. The molecule has 2 aromatic rings. The molecule has 6 nitrogen and oxygen atoms in total. The normalized spacial score (nSPS) is 15.0. The number of amides is 2. The SMILES string of the molecule is Cc1cccc(C)c1NC(=O)CN1CCN(CCC(=O)Nc2c(Cl)cccc2Cl)CC1. The van der Waals surface area contributed by atoms with E-state index in [0.717, 1.165) is 43.0 Å². The molecule has 1 saturated heterocycles. The molecule has 0 aromatic heterocycles. The van der Waals surface area contributed by atoms with Crippen LogP contribution >= 0.6 is 23.2 Å². The maximum absolute atomic E-state index is 12.5. The average Bonchev–Trinajstić information content (AvgIpc) is 2.73. The minimum atomic E-state index is -0.120. The molecule has 31 heavy (non-hydrogen) atoms. The van der Waals surface area contributed by atoms with Gasteiger partial charge >= 0.3 is 0 Å². The monoisotopic (exact) mass is 462 g/mol.